The molecular weight excluding hydrogens is 442 g/mol. The van der Waals surface area contributed by atoms with E-state index in [-0.39, 0.29) is 11.8 Å². The fourth-order valence-corrected chi connectivity index (χ4v) is 4.59. The Morgan fingerprint density at radius 3 is 2.38 bits per heavy atom. The summed E-state index contributed by atoms with van der Waals surface area (Å²) >= 11 is 1.45. The summed E-state index contributed by atoms with van der Waals surface area (Å²) in [4.78, 5) is 30.6. The number of benzene rings is 3. The van der Waals surface area contributed by atoms with Gasteiger partial charge in [-0.05, 0) is 72.2 Å². The smallest absolute Gasteiger partial charge is 0.257 e. The van der Waals surface area contributed by atoms with Crippen molar-refractivity contribution in [2.45, 2.75) is 19.8 Å². The summed E-state index contributed by atoms with van der Waals surface area (Å²) in [7, 11) is 0. The van der Waals surface area contributed by atoms with Crippen molar-refractivity contribution in [1.82, 2.24) is 10.3 Å². The second-order valence-electron chi connectivity index (χ2n) is 8.61. The van der Waals surface area contributed by atoms with Crippen LogP contribution >= 0.6 is 11.3 Å². The quantitative estimate of drug-likeness (QED) is 0.341. The Morgan fingerprint density at radius 1 is 0.912 bits per heavy atom. The number of carbonyl (C=O) groups is 2. The van der Waals surface area contributed by atoms with Gasteiger partial charge in [0.1, 0.15) is 0 Å². The van der Waals surface area contributed by atoms with E-state index in [2.05, 4.69) is 15.6 Å². The molecule has 1 aliphatic carbocycles. The second kappa shape index (κ2) is 9.61. The van der Waals surface area contributed by atoms with E-state index < -0.39 is 0 Å². The lowest BCUT2D eigenvalue weighted by Crippen LogP contribution is -2.25. The maximum absolute atomic E-state index is 12.9. The van der Waals surface area contributed by atoms with Gasteiger partial charge in [-0.3, -0.25) is 14.9 Å². The molecule has 0 saturated heterocycles. The number of thiazole rings is 1. The lowest BCUT2D eigenvalue weighted by atomic mass is 9.97. The van der Waals surface area contributed by atoms with Gasteiger partial charge < -0.3 is 5.32 Å². The van der Waals surface area contributed by atoms with Crippen molar-refractivity contribution in [1.29, 1.82) is 0 Å². The zero-order valence-corrected chi connectivity index (χ0v) is 19.7. The number of nitrogens with zero attached hydrogens (tertiary/aromatic N) is 1. The van der Waals surface area contributed by atoms with Crippen molar-refractivity contribution >= 4 is 28.3 Å². The van der Waals surface area contributed by atoms with Crippen LogP contribution in [-0.4, -0.2) is 23.3 Å². The summed E-state index contributed by atoms with van der Waals surface area (Å²) in [6.07, 6.45) is 4.19. The molecule has 34 heavy (non-hydrogen) atoms. The average molecular weight is 468 g/mol. The van der Waals surface area contributed by atoms with Gasteiger partial charge in [0.25, 0.3) is 11.8 Å². The van der Waals surface area contributed by atoms with Crippen LogP contribution in [0.4, 0.5) is 5.13 Å². The zero-order valence-electron chi connectivity index (χ0n) is 18.9. The monoisotopic (exact) mass is 467 g/mol. The van der Waals surface area contributed by atoms with Crippen LogP contribution < -0.4 is 10.6 Å². The molecule has 0 unspecified atom stereocenters. The van der Waals surface area contributed by atoms with E-state index in [1.54, 1.807) is 6.20 Å². The van der Waals surface area contributed by atoms with Gasteiger partial charge in [-0.2, -0.15) is 0 Å². The molecule has 3 aromatic carbocycles. The molecule has 1 heterocycles. The van der Waals surface area contributed by atoms with E-state index in [0.717, 1.165) is 33.7 Å². The van der Waals surface area contributed by atoms with Crippen molar-refractivity contribution < 1.29 is 9.59 Å². The van der Waals surface area contributed by atoms with Gasteiger partial charge in [0, 0.05) is 23.9 Å². The molecule has 1 aromatic heterocycles. The highest BCUT2D eigenvalue weighted by Crippen LogP contribution is 2.30. The Hall–Kier alpha value is -3.77. The van der Waals surface area contributed by atoms with Crippen LogP contribution in [0.2, 0.25) is 0 Å². The molecule has 170 valence electrons. The summed E-state index contributed by atoms with van der Waals surface area (Å²) in [5.41, 5.74) is 5.26. The third kappa shape index (κ3) is 5.07. The fraction of sp³-hybridized carbons (Fsp3) is 0.179. The molecule has 6 heteroatoms. The van der Waals surface area contributed by atoms with Gasteiger partial charge in [-0.25, -0.2) is 4.98 Å². The highest BCUT2D eigenvalue weighted by atomic mass is 32.1. The molecule has 2 amide bonds. The molecule has 4 aromatic rings. The van der Waals surface area contributed by atoms with Crippen molar-refractivity contribution in [2.24, 2.45) is 5.92 Å². The van der Waals surface area contributed by atoms with Gasteiger partial charge in [-0.1, -0.05) is 59.9 Å². The molecule has 2 N–H and O–H groups in total. The molecule has 1 fully saturated rings. The molecule has 0 aliphatic heterocycles. The van der Waals surface area contributed by atoms with E-state index in [0.29, 0.717) is 22.2 Å². The van der Waals surface area contributed by atoms with Crippen LogP contribution in [-0.2, 0) is 0 Å². The van der Waals surface area contributed by atoms with E-state index in [1.807, 2.05) is 79.7 Å². The summed E-state index contributed by atoms with van der Waals surface area (Å²) in [6.45, 7) is 2.77. The first kappa shape index (κ1) is 22.0. The lowest BCUT2D eigenvalue weighted by molar-refractivity contribution is 0.0951. The topological polar surface area (TPSA) is 71.1 Å². The Bertz CT molecular complexity index is 1330. The van der Waals surface area contributed by atoms with E-state index in [9.17, 15) is 9.59 Å². The number of anilines is 1. The minimum atomic E-state index is -0.203. The second-order valence-corrected chi connectivity index (χ2v) is 9.64. The molecule has 1 saturated carbocycles. The lowest BCUT2D eigenvalue weighted by Gasteiger charge is -2.10. The Balaban J connectivity index is 1.30. The number of carbonyl (C=O) groups excluding carboxylic acids is 2. The summed E-state index contributed by atoms with van der Waals surface area (Å²) < 4.78 is 0. The van der Waals surface area contributed by atoms with Crippen molar-refractivity contribution in [3.05, 3.63) is 95.7 Å². The molecule has 0 radical (unpaired) electrons. The first-order chi connectivity index (χ1) is 16.6. The summed E-state index contributed by atoms with van der Waals surface area (Å²) in [5.74, 6) is 0.405. The first-order valence-electron chi connectivity index (χ1n) is 11.4. The SMILES string of the molecule is Cc1ccc(C(=O)Nc2ncc(-c3ccccc3)s2)cc1-c1ccc(C(=O)NCC2CC2)cc1. The van der Waals surface area contributed by atoms with Gasteiger partial charge in [0.05, 0.1) is 4.88 Å². The van der Waals surface area contributed by atoms with Crippen molar-refractivity contribution in [2.75, 3.05) is 11.9 Å². The molecule has 0 spiro atoms. The predicted octanol–water partition coefficient (Wildman–Crippen LogP) is 6.18. The van der Waals surface area contributed by atoms with E-state index in [1.165, 1.54) is 24.2 Å². The number of nitrogens with one attached hydrogen (secondary N) is 2. The van der Waals surface area contributed by atoms with Gasteiger partial charge in [-0.15, -0.1) is 0 Å². The van der Waals surface area contributed by atoms with E-state index >= 15 is 0 Å². The van der Waals surface area contributed by atoms with Crippen LogP contribution in [0.15, 0.2) is 79.0 Å². The predicted molar refractivity (Wildman–Crippen MR) is 137 cm³/mol. The fourth-order valence-electron chi connectivity index (χ4n) is 3.77. The third-order valence-corrected chi connectivity index (χ3v) is 6.95. The number of aryl methyl sites for hydroxylation is 1. The minimum Gasteiger partial charge on any atom is -0.352 e. The van der Waals surface area contributed by atoms with Gasteiger partial charge in [0.2, 0.25) is 0 Å². The first-order valence-corrected chi connectivity index (χ1v) is 12.2. The summed E-state index contributed by atoms with van der Waals surface area (Å²) in [6, 6.07) is 23.2. The normalized spacial score (nSPS) is 12.9. The number of amides is 2. The number of aromatic nitrogens is 1. The number of hydrogen-bond donors (Lipinski definition) is 2. The van der Waals surface area contributed by atoms with Crippen molar-refractivity contribution in [3.63, 3.8) is 0 Å². The van der Waals surface area contributed by atoms with Crippen LogP contribution in [0.3, 0.4) is 0 Å². The third-order valence-electron chi connectivity index (χ3n) is 5.99. The van der Waals surface area contributed by atoms with Crippen LogP contribution in [0, 0.1) is 12.8 Å². The maximum atomic E-state index is 12.9. The van der Waals surface area contributed by atoms with Crippen molar-refractivity contribution in [3.8, 4) is 21.6 Å². The van der Waals surface area contributed by atoms with Gasteiger partial charge >= 0.3 is 0 Å². The Labute approximate surface area is 202 Å². The van der Waals surface area contributed by atoms with Crippen LogP contribution in [0.25, 0.3) is 21.6 Å². The molecule has 5 rings (SSSR count). The average Bonchev–Trinajstić information content (AvgIpc) is 3.59. The summed E-state index contributed by atoms with van der Waals surface area (Å²) in [5, 5.41) is 6.47. The number of hydrogen-bond acceptors (Lipinski definition) is 4. The Morgan fingerprint density at radius 2 is 1.65 bits per heavy atom. The molecule has 5 nitrogen and oxygen atoms in total. The minimum absolute atomic E-state index is 0.0402. The van der Waals surface area contributed by atoms with Crippen LogP contribution in [0.1, 0.15) is 39.1 Å². The zero-order chi connectivity index (χ0) is 23.5. The standard InChI is InChI=1S/C28H25N3O2S/c1-18-7-10-23(27(33)31-28-30-17-25(34-28)21-5-3-2-4-6-21)15-24(18)20-11-13-22(14-12-20)26(32)29-16-19-8-9-19/h2-7,10-15,17,19H,8-9,16H2,1H3,(H,29,32)(H,30,31,33). The molecular formula is C28H25N3O2S. The highest BCUT2D eigenvalue weighted by molar-refractivity contribution is 7.19. The molecule has 0 bridgehead atoms. The highest BCUT2D eigenvalue weighted by Gasteiger charge is 2.22. The van der Waals surface area contributed by atoms with E-state index in [4.69, 9.17) is 0 Å². The largest absolute Gasteiger partial charge is 0.352 e. The van der Waals surface area contributed by atoms with Crippen LogP contribution in [0.5, 0.6) is 0 Å². The van der Waals surface area contributed by atoms with Gasteiger partial charge in [0.15, 0.2) is 5.13 Å². The maximum Gasteiger partial charge on any atom is 0.257 e. The number of rotatable bonds is 7. The molecule has 0 atom stereocenters. The Kier molecular flexibility index (Phi) is 6.23. The molecule has 1 aliphatic rings.